The molecule has 1 aliphatic heterocycles. The zero-order valence-electron chi connectivity index (χ0n) is 10.5. The van der Waals surface area contributed by atoms with E-state index in [9.17, 15) is 0 Å². The van der Waals surface area contributed by atoms with Crippen molar-refractivity contribution in [3.63, 3.8) is 0 Å². The van der Waals surface area contributed by atoms with Crippen molar-refractivity contribution >= 4 is 0 Å². The van der Waals surface area contributed by atoms with Crippen LogP contribution < -0.4 is 5.73 Å². The average Bonchev–Trinajstić information content (AvgIpc) is 3.12. The van der Waals surface area contributed by atoms with E-state index in [4.69, 9.17) is 10.5 Å². The molecule has 0 amide bonds. The molecule has 0 aromatic rings. The van der Waals surface area contributed by atoms with Crippen LogP contribution in [-0.4, -0.2) is 44.3 Å². The molecule has 2 aliphatic rings. The molecule has 0 aromatic carbocycles. The van der Waals surface area contributed by atoms with Crippen LogP contribution in [-0.2, 0) is 4.74 Å². The predicted octanol–water partition coefficient (Wildman–Crippen LogP) is 1.47. The van der Waals surface area contributed by atoms with Crippen molar-refractivity contribution in [3.05, 3.63) is 0 Å². The van der Waals surface area contributed by atoms with Crippen molar-refractivity contribution in [2.45, 2.75) is 38.1 Å². The van der Waals surface area contributed by atoms with Gasteiger partial charge in [-0.2, -0.15) is 0 Å². The molecule has 1 saturated heterocycles. The van der Waals surface area contributed by atoms with Crippen LogP contribution in [0.5, 0.6) is 0 Å². The topological polar surface area (TPSA) is 38.5 Å². The Morgan fingerprint density at radius 2 is 1.94 bits per heavy atom. The van der Waals surface area contributed by atoms with E-state index in [0.717, 1.165) is 25.0 Å². The molecule has 2 N–H and O–H groups in total. The molecule has 1 aliphatic carbocycles. The highest BCUT2D eigenvalue weighted by molar-refractivity contribution is 4.90. The normalized spacial score (nSPS) is 25.9. The van der Waals surface area contributed by atoms with Crippen LogP contribution in [0.2, 0.25) is 0 Å². The highest BCUT2D eigenvalue weighted by Gasteiger charge is 2.36. The fraction of sp³-hybridized carbons (Fsp3) is 1.00. The Kier molecular flexibility index (Phi) is 4.62. The van der Waals surface area contributed by atoms with Crippen LogP contribution in [0.25, 0.3) is 0 Å². The van der Waals surface area contributed by atoms with E-state index in [-0.39, 0.29) is 0 Å². The molecule has 0 aromatic heterocycles. The van der Waals surface area contributed by atoms with E-state index in [2.05, 4.69) is 4.90 Å². The summed E-state index contributed by atoms with van der Waals surface area (Å²) in [4.78, 5) is 2.66. The second-order valence-corrected chi connectivity index (χ2v) is 5.42. The zero-order valence-corrected chi connectivity index (χ0v) is 10.5. The van der Waals surface area contributed by atoms with Crippen molar-refractivity contribution in [2.75, 3.05) is 33.4 Å². The standard InChI is InChI=1S/C13H26N2O/c1-16-10-13(12-2-3-12)15-8-5-11(4-7-14)6-9-15/h11-13H,2-10,14H2,1H3. The number of nitrogens with two attached hydrogens (primary N) is 1. The van der Waals surface area contributed by atoms with Gasteiger partial charge < -0.3 is 10.5 Å². The van der Waals surface area contributed by atoms with Crippen LogP contribution in [0, 0.1) is 11.8 Å². The maximum Gasteiger partial charge on any atom is 0.0620 e. The number of likely N-dealkylation sites (tertiary alicyclic amines) is 1. The lowest BCUT2D eigenvalue weighted by Gasteiger charge is -2.37. The summed E-state index contributed by atoms with van der Waals surface area (Å²) >= 11 is 0. The number of hydrogen-bond acceptors (Lipinski definition) is 3. The maximum atomic E-state index is 5.63. The van der Waals surface area contributed by atoms with Gasteiger partial charge in [0.1, 0.15) is 0 Å². The second kappa shape index (κ2) is 5.99. The Balaban J connectivity index is 1.77. The van der Waals surface area contributed by atoms with Gasteiger partial charge in [-0.15, -0.1) is 0 Å². The SMILES string of the molecule is COCC(C1CC1)N1CCC(CCN)CC1. The Hall–Kier alpha value is -0.120. The summed E-state index contributed by atoms with van der Waals surface area (Å²) in [5.74, 6) is 1.80. The van der Waals surface area contributed by atoms with Gasteiger partial charge in [0.2, 0.25) is 0 Å². The third-order valence-electron chi connectivity index (χ3n) is 4.20. The molecule has 3 nitrogen and oxygen atoms in total. The first kappa shape index (κ1) is 12.3. The minimum absolute atomic E-state index is 0.698. The van der Waals surface area contributed by atoms with Crippen molar-refractivity contribution in [1.29, 1.82) is 0 Å². The van der Waals surface area contributed by atoms with Crippen LogP contribution in [0.4, 0.5) is 0 Å². The molecule has 1 saturated carbocycles. The Labute approximate surface area is 99.3 Å². The molecular weight excluding hydrogens is 200 g/mol. The highest BCUT2D eigenvalue weighted by Crippen LogP contribution is 2.37. The molecule has 0 spiro atoms. The number of ether oxygens (including phenoxy) is 1. The number of rotatable bonds is 6. The van der Waals surface area contributed by atoms with E-state index in [1.807, 2.05) is 7.11 Å². The molecular formula is C13H26N2O. The van der Waals surface area contributed by atoms with Crippen LogP contribution in [0.15, 0.2) is 0 Å². The summed E-state index contributed by atoms with van der Waals surface area (Å²) in [6.45, 7) is 4.30. The van der Waals surface area contributed by atoms with Crippen LogP contribution in [0.3, 0.4) is 0 Å². The van der Waals surface area contributed by atoms with Gasteiger partial charge in [0.15, 0.2) is 0 Å². The van der Waals surface area contributed by atoms with Crippen molar-refractivity contribution in [3.8, 4) is 0 Å². The molecule has 1 unspecified atom stereocenters. The van der Waals surface area contributed by atoms with E-state index < -0.39 is 0 Å². The van der Waals surface area contributed by atoms with Gasteiger partial charge in [-0.3, -0.25) is 4.90 Å². The lowest BCUT2D eigenvalue weighted by molar-refractivity contribution is 0.0529. The van der Waals surface area contributed by atoms with Crippen LogP contribution in [0.1, 0.15) is 32.1 Å². The van der Waals surface area contributed by atoms with E-state index in [1.54, 1.807) is 0 Å². The summed E-state index contributed by atoms with van der Waals surface area (Å²) in [6, 6.07) is 0.698. The number of methoxy groups -OCH3 is 1. The van der Waals surface area contributed by atoms with Gasteiger partial charge >= 0.3 is 0 Å². The lowest BCUT2D eigenvalue weighted by Crippen LogP contribution is -2.45. The molecule has 3 heteroatoms. The lowest BCUT2D eigenvalue weighted by atomic mass is 9.92. The quantitative estimate of drug-likeness (QED) is 0.745. The van der Waals surface area contributed by atoms with Crippen LogP contribution >= 0.6 is 0 Å². The fourth-order valence-electron chi connectivity index (χ4n) is 3.00. The molecule has 0 bridgehead atoms. The van der Waals surface area contributed by atoms with Gasteiger partial charge in [0, 0.05) is 13.2 Å². The van der Waals surface area contributed by atoms with Crippen molar-refractivity contribution in [1.82, 2.24) is 4.90 Å². The number of hydrogen-bond donors (Lipinski definition) is 1. The summed E-state index contributed by atoms with van der Waals surface area (Å²) in [6.07, 6.45) is 6.72. The molecule has 2 fully saturated rings. The highest BCUT2D eigenvalue weighted by atomic mass is 16.5. The fourth-order valence-corrected chi connectivity index (χ4v) is 3.00. The van der Waals surface area contributed by atoms with E-state index >= 15 is 0 Å². The smallest absolute Gasteiger partial charge is 0.0620 e. The van der Waals surface area contributed by atoms with E-state index in [1.165, 1.54) is 45.2 Å². The van der Waals surface area contributed by atoms with Gasteiger partial charge in [0.25, 0.3) is 0 Å². The predicted molar refractivity (Wildman–Crippen MR) is 66.4 cm³/mol. The largest absolute Gasteiger partial charge is 0.383 e. The first-order valence-corrected chi connectivity index (χ1v) is 6.78. The number of piperidine rings is 1. The molecule has 0 radical (unpaired) electrons. The number of nitrogens with zero attached hydrogens (tertiary/aromatic N) is 1. The minimum Gasteiger partial charge on any atom is -0.383 e. The molecule has 1 atom stereocenters. The molecule has 1 heterocycles. The Morgan fingerprint density at radius 3 is 2.44 bits per heavy atom. The van der Waals surface area contributed by atoms with Gasteiger partial charge in [-0.05, 0) is 63.6 Å². The van der Waals surface area contributed by atoms with Crippen molar-refractivity contribution < 1.29 is 4.74 Å². The first-order valence-electron chi connectivity index (χ1n) is 6.78. The Bertz CT molecular complexity index is 198. The monoisotopic (exact) mass is 226 g/mol. The average molecular weight is 226 g/mol. The minimum atomic E-state index is 0.698. The summed E-state index contributed by atoms with van der Waals surface area (Å²) in [7, 11) is 1.83. The molecule has 16 heavy (non-hydrogen) atoms. The molecule has 94 valence electrons. The van der Waals surface area contributed by atoms with E-state index in [0.29, 0.717) is 6.04 Å². The third-order valence-corrected chi connectivity index (χ3v) is 4.20. The second-order valence-electron chi connectivity index (χ2n) is 5.42. The summed E-state index contributed by atoms with van der Waals surface area (Å²) in [5, 5.41) is 0. The van der Waals surface area contributed by atoms with Gasteiger partial charge in [-0.25, -0.2) is 0 Å². The van der Waals surface area contributed by atoms with Gasteiger partial charge in [0.05, 0.1) is 6.61 Å². The van der Waals surface area contributed by atoms with Gasteiger partial charge in [-0.1, -0.05) is 0 Å². The zero-order chi connectivity index (χ0) is 11.4. The van der Waals surface area contributed by atoms with Crippen molar-refractivity contribution in [2.24, 2.45) is 17.6 Å². The first-order chi connectivity index (χ1) is 7.85. The summed E-state index contributed by atoms with van der Waals surface area (Å²) in [5.41, 5.74) is 5.63. The molecule has 2 rings (SSSR count). The maximum absolute atomic E-state index is 5.63. The Morgan fingerprint density at radius 1 is 1.25 bits per heavy atom. The summed E-state index contributed by atoms with van der Waals surface area (Å²) < 4.78 is 5.37. The third kappa shape index (κ3) is 3.19.